The van der Waals surface area contributed by atoms with E-state index in [1.54, 1.807) is 0 Å². The van der Waals surface area contributed by atoms with Gasteiger partial charge in [-0.2, -0.15) is 0 Å². The first-order chi connectivity index (χ1) is 7.79. The second kappa shape index (κ2) is 6.17. The predicted molar refractivity (Wildman–Crippen MR) is 73.4 cm³/mol. The summed E-state index contributed by atoms with van der Waals surface area (Å²) in [5, 5.41) is 7.16. The lowest BCUT2D eigenvalue weighted by Gasteiger charge is -2.34. The maximum atomic E-state index is 5.46. The first kappa shape index (κ1) is 14.9. The Morgan fingerprint density at radius 1 is 1.24 bits per heavy atom. The van der Waals surface area contributed by atoms with Gasteiger partial charge in [-0.05, 0) is 38.6 Å². The van der Waals surface area contributed by atoms with Crippen molar-refractivity contribution in [3.63, 3.8) is 0 Å². The minimum absolute atomic E-state index is 0.216. The molecule has 0 aromatic rings. The fourth-order valence-corrected chi connectivity index (χ4v) is 2.78. The van der Waals surface area contributed by atoms with Crippen LogP contribution in [0.3, 0.4) is 0 Å². The van der Waals surface area contributed by atoms with Gasteiger partial charge >= 0.3 is 0 Å². The summed E-state index contributed by atoms with van der Waals surface area (Å²) in [7, 11) is 0. The van der Waals surface area contributed by atoms with Crippen molar-refractivity contribution in [1.82, 2.24) is 10.6 Å². The van der Waals surface area contributed by atoms with Gasteiger partial charge in [0.1, 0.15) is 0 Å². The van der Waals surface area contributed by atoms with Crippen LogP contribution >= 0.6 is 0 Å². The monoisotopic (exact) mass is 242 g/mol. The van der Waals surface area contributed by atoms with Crippen molar-refractivity contribution in [2.45, 2.75) is 59.0 Å². The zero-order chi connectivity index (χ0) is 12.9. The van der Waals surface area contributed by atoms with Gasteiger partial charge < -0.3 is 15.4 Å². The van der Waals surface area contributed by atoms with Gasteiger partial charge in [-0.1, -0.05) is 20.8 Å². The van der Waals surface area contributed by atoms with E-state index in [0.29, 0.717) is 11.5 Å². The molecular weight excluding hydrogens is 212 g/mol. The van der Waals surface area contributed by atoms with Crippen molar-refractivity contribution in [3.05, 3.63) is 0 Å². The van der Waals surface area contributed by atoms with E-state index in [0.717, 1.165) is 32.7 Å². The van der Waals surface area contributed by atoms with Crippen LogP contribution in [0.25, 0.3) is 0 Å². The summed E-state index contributed by atoms with van der Waals surface area (Å²) in [6.07, 6.45) is 2.34. The fourth-order valence-electron chi connectivity index (χ4n) is 2.78. The molecule has 1 rings (SSSR count). The lowest BCUT2D eigenvalue weighted by atomic mass is 9.82. The molecule has 0 aromatic carbocycles. The van der Waals surface area contributed by atoms with Gasteiger partial charge in [-0.15, -0.1) is 0 Å². The lowest BCUT2D eigenvalue weighted by molar-refractivity contribution is 0.0732. The third-order valence-electron chi connectivity index (χ3n) is 3.07. The summed E-state index contributed by atoms with van der Waals surface area (Å²) in [5.74, 6) is 0. The van der Waals surface area contributed by atoms with E-state index in [1.165, 1.54) is 6.42 Å². The van der Waals surface area contributed by atoms with Crippen molar-refractivity contribution in [3.8, 4) is 0 Å². The van der Waals surface area contributed by atoms with Crippen molar-refractivity contribution < 1.29 is 4.74 Å². The van der Waals surface area contributed by atoms with Crippen LogP contribution in [0.2, 0.25) is 0 Å². The first-order valence-electron chi connectivity index (χ1n) is 6.85. The Balaban J connectivity index is 2.20. The molecule has 1 fully saturated rings. The summed E-state index contributed by atoms with van der Waals surface area (Å²) in [4.78, 5) is 0. The molecule has 2 N–H and O–H groups in total. The van der Waals surface area contributed by atoms with Crippen LogP contribution in [0.1, 0.15) is 47.5 Å². The highest BCUT2D eigenvalue weighted by molar-refractivity contribution is 4.84. The van der Waals surface area contributed by atoms with E-state index in [1.807, 2.05) is 0 Å². The molecule has 102 valence electrons. The SMILES string of the molecule is CC(C)(C)CC(C)(C)NCCC1COCCN1. The van der Waals surface area contributed by atoms with Gasteiger partial charge in [0.25, 0.3) is 0 Å². The molecule has 3 nitrogen and oxygen atoms in total. The third kappa shape index (κ3) is 7.02. The average molecular weight is 242 g/mol. The Labute approximate surface area is 107 Å². The van der Waals surface area contributed by atoms with Crippen LogP contribution < -0.4 is 10.6 Å². The molecule has 0 saturated carbocycles. The van der Waals surface area contributed by atoms with E-state index in [-0.39, 0.29) is 5.54 Å². The van der Waals surface area contributed by atoms with Crippen LogP contribution in [-0.4, -0.2) is 37.9 Å². The van der Waals surface area contributed by atoms with Gasteiger partial charge in [0.15, 0.2) is 0 Å². The summed E-state index contributed by atoms with van der Waals surface area (Å²) >= 11 is 0. The predicted octanol–water partition coefficient (Wildman–Crippen LogP) is 2.17. The van der Waals surface area contributed by atoms with E-state index in [4.69, 9.17) is 4.74 Å². The van der Waals surface area contributed by atoms with Crippen LogP contribution in [0, 0.1) is 5.41 Å². The standard InChI is InChI=1S/C14H30N2O/c1-13(2,3)11-14(4,5)16-7-6-12-10-17-9-8-15-12/h12,15-16H,6-11H2,1-5H3. The zero-order valence-electron chi connectivity index (χ0n) is 12.2. The lowest BCUT2D eigenvalue weighted by Crippen LogP contribution is -2.47. The van der Waals surface area contributed by atoms with Crippen LogP contribution in [0.4, 0.5) is 0 Å². The summed E-state index contributed by atoms with van der Waals surface area (Å²) in [6, 6.07) is 0.529. The number of nitrogens with one attached hydrogen (secondary N) is 2. The summed E-state index contributed by atoms with van der Waals surface area (Å²) in [5.41, 5.74) is 0.594. The summed E-state index contributed by atoms with van der Waals surface area (Å²) in [6.45, 7) is 15.3. The molecular formula is C14H30N2O. The normalized spacial score (nSPS) is 22.8. The smallest absolute Gasteiger partial charge is 0.0620 e. The molecule has 0 radical (unpaired) electrons. The number of hydrogen-bond acceptors (Lipinski definition) is 3. The largest absolute Gasteiger partial charge is 0.379 e. The Morgan fingerprint density at radius 2 is 1.94 bits per heavy atom. The fraction of sp³-hybridized carbons (Fsp3) is 1.00. The van der Waals surface area contributed by atoms with Crippen LogP contribution in [-0.2, 0) is 4.74 Å². The molecule has 0 aliphatic carbocycles. The van der Waals surface area contributed by atoms with Crippen molar-refractivity contribution >= 4 is 0 Å². The second-order valence-corrected chi connectivity index (χ2v) is 7.06. The van der Waals surface area contributed by atoms with Gasteiger partial charge in [0, 0.05) is 18.1 Å². The van der Waals surface area contributed by atoms with Crippen LogP contribution in [0.15, 0.2) is 0 Å². The van der Waals surface area contributed by atoms with E-state index >= 15 is 0 Å². The second-order valence-electron chi connectivity index (χ2n) is 7.06. The number of hydrogen-bond donors (Lipinski definition) is 2. The molecule has 0 spiro atoms. The average Bonchev–Trinajstić information content (AvgIpc) is 2.15. The molecule has 0 amide bonds. The van der Waals surface area contributed by atoms with E-state index in [9.17, 15) is 0 Å². The van der Waals surface area contributed by atoms with E-state index in [2.05, 4.69) is 45.3 Å². The maximum absolute atomic E-state index is 5.46. The molecule has 1 aliphatic rings. The zero-order valence-corrected chi connectivity index (χ0v) is 12.2. The first-order valence-corrected chi connectivity index (χ1v) is 6.85. The molecule has 0 bridgehead atoms. The molecule has 1 unspecified atom stereocenters. The summed E-state index contributed by atoms with van der Waals surface area (Å²) < 4.78 is 5.46. The van der Waals surface area contributed by atoms with Gasteiger partial charge in [0.2, 0.25) is 0 Å². The maximum Gasteiger partial charge on any atom is 0.0620 e. The molecule has 3 heteroatoms. The van der Waals surface area contributed by atoms with Crippen molar-refractivity contribution in [2.75, 3.05) is 26.3 Å². The van der Waals surface area contributed by atoms with Crippen molar-refractivity contribution in [2.24, 2.45) is 5.41 Å². The minimum atomic E-state index is 0.216. The van der Waals surface area contributed by atoms with Crippen LogP contribution in [0.5, 0.6) is 0 Å². The quantitative estimate of drug-likeness (QED) is 0.775. The number of morpholine rings is 1. The number of rotatable bonds is 5. The van der Waals surface area contributed by atoms with Gasteiger partial charge in [-0.25, -0.2) is 0 Å². The molecule has 1 atom stereocenters. The Bertz CT molecular complexity index is 215. The van der Waals surface area contributed by atoms with Crippen molar-refractivity contribution in [1.29, 1.82) is 0 Å². The molecule has 0 aromatic heterocycles. The number of ether oxygens (including phenoxy) is 1. The van der Waals surface area contributed by atoms with Gasteiger partial charge in [0.05, 0.1) is 13.2 Å². The molecule has 1 saturated heterocycles. The topological polar surface area (TPSA) is 33.3 Å². The third-order valence-corrected chi connectivity index (χ3v) is 3.07. The highest BCUT2D eigenvalue weighted by Gasteiger charge is 2.25. The Kier molecular flexibility index (Phi) is 5.42. The Hall–Kier alpha value is -0.120. The van der Waals surface area contributed by atoms with E-state index < -0.39 is 0 Å². The highest BCUT2D eigenvalue weighted by atomic mass is 16.5. The minimum Gasteiger partial charge on any atom is -0.379 e. The van der Waals surface area contributed by atoms with Gasteiger partial charge in [-0.3, -0.25) is 0 Å². The Morgan fingerprint density at radius 3 is 2.47 bits per heavy atom. The molecule has 1 heterocycles. The molecule has 1 aliphatic heterocycles. The highest BCUT2D eigenvalue weighted by Crippen LogP contribution is 2.26. The molecule has 17 heavy (non-hydrogen) atoms.